The van der Waals surface area contributed by atoms with Crippen molar-refractivity contribution in [3.8, 4) is 0 Å². The van der Waals surface area contributed by atoms with Crippen molar-refractivity contribution in [1.29, 1.82) is 0 Å². The summed E-state index contributed by atoms with van der Waals surface area (Å²) in [6, 6.07) is 17.5. The molecule has 1 aliphatic heterocycles. The van der Waals surface area contributed by atoms with Crippen molar-refractivity contribution >= 4 is 35.1 Å². The van der Waals surface area contributed by atoms with E-state index in [1.54, 1.807) is 4.68 Å². The van der Waals surface area contributed by atoms with E-state index < -0.39 is 0 Å². The zero-order valence-corrected chi connectivity index (χ0v) is 17.0. The molecule has 148 valence electrons. The van der Waals surface area contributed by atoms with Gasteiger partial charge in [-0.2, -0.15) is 4.98 Å². The lowest BCUT2D eigenvalue weighted by molar-refractivity contribution is -0.116. The molecule has 0 bridgehead atoms. The second-order valence-electron chi connectivity index (χ2n) is 7.42. The predicted octanol–water partition coefficient (Wildman–Crippen LogP) is 4.97. The van der Waals surface area contributed by atoms with E-state index in [1.807, 2.05) is 56.3 Å². The number of fused-ring (bicyclic) bond motifs is 1. The van der Waals surface area contributed by atoms with Crippen LogP contribution in [-0.2, 0) is 4.79 Å². The topological polar surface area (TPSA) is 71.8 Å². The molecule has 0 radical (unpaired) electrons. The van der Waals surface area contributed by atoms with Crippen LogP contribution in [0.2, 0.25) is 5.02 Å². The molecule has 7 heteroatoms. The Hall–Kier alpha value is -3.12. The van der Waals surface area contributed by atoms with Crippen LogP contribution in [0.3, 0.4) is 0 Å². The van der Waals surface area contributed by atoms with E-state index in [0.29, 0.717) is 23.3 Å². The quantitative estimate of drug-likeness (QED) is 0.626. The van der Waals surface area contributed by atoms with Crippen LogP contribution in [0.4, 0.5) is 11.9 Å². The number of rotatable bonds is 5. The van der Waals surface area contributed by atoms with Crippen molar-refractivity contribution in [2.75, 3.05) is 10.6 Å². The third-order valence-electron chi connectivity index (χ3n) is 4.61. The van der Waals surface area contributed by atoms with Gasteiger partial charge >= 0.3 is 0 Å². The summed E-state index contributed by atoms with van der Waals surface area (Å²) in [5, 5.41) is 11.4. The molecule has 2 heterocycles. The van der Waals surface area contributed by atoms with Gasteiger partial charge in [0.1, 0.15) is 6.04 Å². The van der Waals surface area contributed by atoms with Gasteiger partial charge in [0, 0.05) is 17.1 Å². The lowest BCUT2D eigenvalue weighted by Gasteiger charge is -2.24. The molecule has 2 N–H and O–H groups in total. The van der Waals surface area contributed by atoms with E-state index in [0.717, 1.165) is 16.8 Å². The summed E-state index contributed by atoms with van der Waals surface area (Å²) < 4.78 is 1.79. The van der Waals surface area contributed by atoms with Crippen LogP contribution >= 0.6 is 11.6 Å². The number of nitrogens with one attached hydrogen (secondary N) is 2. The van der Waals surface area contributed by atoms with Gasteiger partial charge in [-0.3, -0.25) is 10.1 Å². The third-order valence-corrected chi connectivity index (χ3v) is 4.86. The Morgan fingerprint density at radius 1 is 1.17 bits per heavy atom. The molecule has 6 nitrogen and oxygen atoms in total. The number of carbonyl (C=O) groups excluding carboxylic acids is 1. The van der Waals surface area contributed by atoms with E-state index in [1.165, 1.54) is 0 Å². The number of nitrogens with zero attached hydrogens (tertiary/aromatic N) is 3. The first-order valence-electron chi connectivity index (χ1n) is 9.55. The molecule has 29 heavy (non-hydrogen) atoms. The van der Waals surface area contributed by atoms with Gasteiger partial charge < -0.3 is 5.32 Å². The summed E-state index contributed by atoms with van der Waals surface area (Å²) in [4.78, 5) is 16.7. The first kappa shape index (κ1) is 19.2. The molecular formula is C22H22ClN5O. The molecular weight excluding hydrogens is 386 g/mol. The standard InChI is InChI=1S/C22H22ClN5O/c1-14(2)12-20(29)25-21-26-22-24-18(15-8-10-17(23)11-9-15)13-19(28(22)27-21)16-6-4-3-5-7-16/h3-11,13-14,19H,12H2,1-2H3,(H2,24,25,26,27,29). The number of amides is 1. The van der Waals surface area contributed by atoms with E-state index in [9.17, 15) is 4.79 Å². The largest absolute Gasteiger partial charge is 0.324 e. The third kappa shape index (κ3) is 4.32. The summed E-state index contributed by atoms with van der Waals surface area (Å²) >= 11 is 6.04. The molecule has 0 fully saturated rings. The summed E-state index contributed by atoms with van der Waals surface area (Å²) in [5.74, 6) is 1.04. The second kappa shape index (κ2) is 8.09. The van der Waals surface area contributed by atoms with Crippen LogP contribution in [0.15, 0.2) is 60.7 Å². The Kier molecular flexibility index (Phi) is 5.36. The molecule has 1 unspecified atom stereocenters. The number of benzene rings is 2. The summed E-state index contributed by atoms with van der Waals surface area (Å²) in [5.41, 5.74) is 2.98. The van der Waals surface area contributed by atoms with Gasteiger partial charge in [0.25, 0.3) is 5.95 Å². The van der Waals surface area contributed by atoms with Crippen molar-refractivity contribution in [1.82, 2.24) is 14.8 Å². The van der Waals surface area contributed by atoms with Crippen molar-refractivity contribution < 1.29 is 4.79 Å². The zero-order chi connectivity index (χ0) is 20.4. The second-order valence-corrected chi connectivity index (χ2v) is 7.85. The van der Waals surface area contributed by atoms with Crippen LogP contribution in [0.25, 0.3) is 5.70 Å². The maximum absolute atomic E-state index is 12.2. The minimum Gasteiger partial charge on any atom is -0.324 e. The summed E-state index contributed by atoms with van der Waals surface area (Å²) in [6.07, 6.45) is 2.52. The SMILES string of the molecule is CC(C)CC(=O)Nc1nc2n(n1)C(c1ccccc1)C=C(c1ccc(Cl)cc1)N2. The van der Waals surface area contributed by atoms with Crippen molar-refractivity contribution in [3.05, 3.63) is 76.8 Å². The fraction of sp³-hybridized carbons (Fsp3) is 0.227. The van der Waals surface area contributed by atoms with Gasteiger partial charge in [-0.15, -0.1) is 5.10 Å². The monoisotopic (exact) mass is 407 g/mol. The number of aromatic nitrogens is 3. The molecule has 0 aliphatic carbocycles. The Morgan fingerprint density at radius 3 is 2.59 bits per heavy atom. The molecule has 0 saturated carbocycles. The molecule has 2 aromatic carbocycles. The molecule has 1 aromatic heterocycles. The van der Waals surface area contributed by atoms with Crippen molar-refractivity contribution in [3.63, 3.8) is 0 Å². The number of anilines is 2. The Morgan fingerprint density at radius 2 is 1.90 bits per heavy atom. The van der Waals surface area contributed by atoms with Gasteiger partial charge in [0.05, 0.1) is 0 Å². The van der Waals surface area contributed by atoms with Crippen LogP contribution in [0.1, 0.15) is 37.4 Å². The highest BCUT2D eigenvalue weighted by molar-refractivity contribution is 6.30. The lowest BCUT2D eigenvalue weighted by Crippen LogP contribution is -2.20. The average Bonchev–Trinajstić information content (AvgIpc) is 3.10. The number of carbonyl (C=O) groups is 1. The maximum atomic E-state index is 12.2. The molecule has 4 rings (SSSR count). The molecule has 1 atom stereocenters. The lowest BCUT2D eigenvalue weighted by atomic mass is 10.0. The smallest absolute Gasteiger partial charge is 0.250 e. The van der Waals surface area contributed by atoms with E-state index in [-0.39, 0.29) is 17.9 Å². The molecule has 3 aromatic rings. The van der Waals surface area contributed by atoms with Crippen molar-refractivity contribution in [2.24, 2.45) is 5.92 Å². The Bertz CT molecular complexity index is 1040. The minimum absolute atomic E-state index is 0.0925. The highest BCUT2D eigenvalue weighted by Crippen LogP contribution is 2.33. The first-order valence-corrected chi connectivity index (χ1v) is 9.93. The normalized spacial score (nSPS) is 15.4. The zero-order valence-electron chi connectivity index (χ0n) is 16.3. The molecule has 1 aliphatic rings. The van der Waals surface area contributed by atoms with Gasteiger partial charge in [0.15, 0.2) is 0 Å². The molecule has 0 spiro atoms. The fourth-order valence-corrected chi connectivity index (χ4v) is 3.40. The predicted molar refractivity (Wildman–Crippen MR) is 116 cm³/mol. The number of hydrogen-bond acceptors (Lipinski definition) is 4. The van der Waals surface area contributed by atoms with E-state index >= 15 is 0 Å². The summed E-state index contributed by atoms with van der Waals surface area (Å²) in [7, 11) is 0. The summed E-state index contributed by atoms with van der Waals surface area (Å²) in [6.45, 7) is 4.00. The highest BCUT2D eigenvalue weighted by Gasteiger charge is 2.25. The number of halogens is 1. The molecule has 1 amide bonds. The van der Waals surface area contributed by atoms with Crippen LogP contribution in [0.5, 0.6) is 0 Å². The fourth-order valence-electron chi connectivity index (χ4n) is 3.28. The Labute approximate surface area is 174 Å². The van der Waals surface area contributed by atoms with E-state index in [2.05, 4.69) is 38.9 Å². The minimum atomic E-state index is -0.152. The van der Waals surface area contributed by atoms with Crippen LogP contribution in [-0.4, -0.2) is 20.7 Å². The first-order chi connectivity index (χ1) is 14.0. The van der Waals surface area contributed by atoms with Crippen LogP contribution < -0.4 is 10.6 Å². The maximum Gasteiger partial charge on any atom is 0.250 e. The van der Waals surface area contributed by atoms with Gasteiger partial charge in [-0.25, -0.2) is 4.68 Å². The highest BCUT2D eigenvalue weighted by atomic mass is 35.5. The van der Waals surface area contributed by atoms with Crippen LogP contribution in [0, 0.1) is 5.92 Å². The van der Waals surface area contributed by atoms with Gasteiger partial charge in [-0.05, 0) is 35.3 Å². The Balaban J connectivity index is 1.70. The average molecular weight is 408 g/mol. The van der Waals surface area contributed by atoms with Crippen molar-refractivity contribution in [2.45, 2.75) is 26.3 Å². The van der Waals surface area contributed by atoms with Gasteiger partial charge in [-0.1, -0.05) is 67.9 Å². The molecule has 0 saturated heterocycles. The van der Waals surface area contributed by atoms with E-state index in [4.69, 9.17) is 11.6 Å². The number of allylic oxidation sites excluding steroid dienone is 1. The van der Waals surface area contributed by atoms with Gasteiger partial charge in [0.2, 0.25) is 11.9 Å². The number of hydrogen-bond donors (Lipinski definition) is 2.